The number of aryl methyl sites for hydroxylation is 1. The summed E-state index contributed by atoms with van der Waals surface area (Å²) in [7, 11) is 0. The van der Waals surface area contributed by atoms with Crippen molar-refractivity contribution in [3.8, 4) is 5.69 Å². The van der Waals surface area contributed by atoms with Crippen LogP contribution in [-0.4, -0.2) is 56.7 Å². The summed E-state index contributed by atoms with van der Waals surface area (Å²) in [5.74, 6) is 1.90. The molecule has 0 radical (unpaired) electrons. The fourth-order valence-electron chi connectivity index (χ4n) is 5.19. The van der Waals surface area contributed by atoms with Crippen molar-refractivity contribution in [1.82, 2.24) is 24.6 Å². The molecule has 1 fully saturated rings. The molecule has 3 heterocycles. The van der Waals surface area contributed by atoms with Crippen molar-refractivity contribution in [1.29, 1.82) is 0 Å². The number of amides is 1. The summed E-state index contributed by atoms with van der Waals surface area (Å²) in [5.41, 5.74) is 2.37. The molecule has 1 saturated heterocycles. The fourth-order valence-corrected chi connectivity index (χ4v) is 5.19. The van der Waals surface area contributed by atoms with Crippen molar-refractivity contribution in [3.05, 3.63) is 41.6 Å². The molecule has 0 saturated carbocycles. The van der Waals surface area contributed by atoms with Gasteiger partial charge in [0.2, 0.25) is 5.91 Å². The summed E-state index contributed by atoms with van der Waals surface area (Å²) in [6.45, 7) is 11.5. The highest BCUT2D eigenvalue weighted by molar-refractivity contribution is 5.91. The first-order valence-corrected chi connectivity index (χ1v) is 14.0. The van der Waals surface area contributed by atoms with Gasteiger partial charge >= 0.3 is 0 Å². The van der Waals surface area contributed by atoms with Gasteiger partial charge in [0.05, 0.1) is 16.8 Å². The summed E-state index contributed by atoms with van der Waals surface area (Å²) in [5, 5.41) is 5.73. The molecule has 7 nitrogen and oxygen atoms in total. The predicted octanol–water partition coefficient (Wildman–Crippen LogP) is 6.18. The van der Waals surface area contributed by atoms with Crippen LogP contribution in [0.3, 0.4) is 0 Å². The molecule has 0 aliphatic carbocycles. The summed E-state index contributed by atoms with van der Waals surface area (Å²) in [6.07, 6.45) is 8.04. The van der Waals surface area contributed by atoms with E-state index in [1.807, 2.05) is 11.8 Å². The number of benzene rings is 1. The molecule has 0 N–H and O–H groups in total. The van der Waals surface area contributed by atoms with Gasteiger partial charge in [-0.05, 0) is 50.5 Å². The zero-order valence-corrected chi connectivity index (χ0v) is 22.8. The third-order valence-electron chi connectivity index (χ3n) is 7.33. The van der Waals surface area contributed by atoms with Crippen molar-refractivity contribution in [3.63, 3.8) is 0 Å². The van der Waals surface area contributed by atoms with Crippen molar-refractivity contribution in [2.24, 2.45) is 0 Å². The molecule has 1 aromatic carbocycles. The van der Waals surface area contributed by atoms with Crippen molar-refractivity contribution in [2.75, 3.05) is 31.1 Å². The number of carbonyl (C=O) groups is 1. The second-order valence-corrected chi connectivity index (χ2v) is 10.3. The molecule has 3 aromatic rings. The van der Waals surface area contributed by atoms with Gasteiger partial charge in [-0.2, -0.15) is 5.10 Å². The minimum Gasteiger partial charge on any atom is -0.354 e. The van der Waals surface area contributed by atoms with Crippen LogP contribution in [0.25, 0.3) is 16.7 Å². The molecule has 4 rings (SSSR count). The maximum absolute atomic E-state index is 13.6. The highest BCUT2D eigenvalue weighted by Gasteiger charge is 2.26. The number of halogens is 1. The molecule has 200 valence electrons. The Hall–Kier alpha value is -3.03. The van der Waals surface area contributed by atoms with E-state index in [0.29, 0.717) is 13.0 Å². The van der Waals surface area contributed by atoms with Gasteiger partial charge in [-0.15, -0.1) is 0 Å². The SMILES string of the molecule is CCCCCCC(=O)N1CCCN(c2nc([C@H](C)CCC)nc3c2c(C)nn3-c2ccc(F)cc2)CC1. The highest BCUT2D eigenvalue weighted by atomic mass is 19.1. The number of rotatable bonds is 10. The number of aromatic nitrogens is 4. The summed E-state index contributed by atoms with van der Waals surface area (Å²) in [6, 6.07) is 6.36. The number of hydrogen-bond acceptors (Lipinski definition) is 5. The maximum atomic E-state index is 13.6. The Kier molecular flexibility index (Phi) is 9.11. The van der Waals surface area contributed by atoms with E-state index in [1.54, 1.807) is 16.8 Å². The predicted molar refractivity (Wildman–Crippen MR) is 147 cm³/mol. The smallest absolute Gasteiger partial charge is 0.222 e. The number of carbonyl (C=O) groups excluding carboxylic acids is 1. The minimum atomic E-state index is -0.279. The molecule has 1 aliphatic rings. The summed E-state index contributed by atoms with van der Waals surface area (Å²) >= 11 is 0. The van der Waals surface area contributed by atoms with Crippen molar-refractivity contribution >= 4 is 22.8 Å². The van der Waals surface area contributed by atoms with E-state index < -0.39 is 0 Å². The van der Waals surface area contributed by atoms with Gasteiger partial charge in [0.15, 0.2) is 5.65 Å². The van der Waals surface area contributed by atoms with E-state index in [4.69, 9.17) is 15.1 Å². The largest absolute Gasteiger partial charge is 0.354 e. The zero-order chi connectivity index (χ0) is 26.4. The Balaban J connectivity index is 1.66. The van der Waals surface area contributed by atoms with Crippen LogP contribution in [0.4, 0.5) is 10.2 Å². The Morgan fingerprint density at radius 3 is 2.51 bits per heavy atom. The Labute approximate surface area is 220 Å². The number of fused-ring (bicyclic) bond motifs is 1. The van der Waals surface area contributed by atoms with Crippen LogP contribution in [0.15, 0.2) is 24.3 Å². The second-order valence-electron chi connectivity index (χ2n) is 10.3. The number of anilines is 1. The highest BCUT2D eigenvalue weighted by Crippen LogP contribution is 2.32. The van der Waals surface area contributed by atoms with Gasteiger partial charge < -0.3 is 9.80 Å². The average Bonchev–Trinajstić information content (AvgIpc) is 3.06. The Morgan fingerprint density at radius 2 is 1.78 bits per heavy atom. The first-order valence-electron chi connectivity index (χ1n) is 14.0. The summed E-state index contributed by atoms with van der Waals surface area (Å²) < 4.78 is 15.4. The maximum Gasteiger partial charge on any atom is 0.222 e. The van der Waals surface area contributed by atoms with E-state index in [0.717, 1.165) is 85.8 Å². The van der Waals surface area contributed by atoms with Crippen LogP contribution in [0.2, 0.25) is 0 Å². The molecule has 1 aliphatic heterocycles. The van der Waals surface area contributed by atoms with E-state index in [-0.39, 0.29) is 17.6 Å². The zero-order valence-electron chi connectivity index (χ0n) is 22.8. The first kappa shape index (κ1) is 27.0. The van der Waals surface area contributed by atoms with Gasteiger partial charge in [0, 0.05) is 38.5 Å². The van der Waals surface area contributed by atoms with E-state index in [2.05, 4.69) is 25.7 Å². The third-order valence-corrected chi connectivity index (χ3v) is 7.33. The monoisotopic (exact) mass is 508 g/mol. The lowest BCUT2D eigenvalue weighted by Gasteiger charge is -2.24. The lowest BCUT2D eigenvalue weighted by molar-refractivity contribution is -0.131. The minimum absolute atomic E-state index is 0.207. The van der Waals surface area contributed by atoms with Crippen molar-refractivity contribution in [2.45, 2.75) is 85.0 Å². The van der Waals surface area contributed by atoms with Gasteiger partial charge in [0.1, 0.15) is 17.5 Å². The van der Waals surface area contributed by atoms with Gasteiger partial charge in [-0.1, -0.05) is 46.5 Å². The quantitative estimate of drug-likeness (QED) is 0.306. The fraction of sp³-hybridized carbons (Fsp3) is 0.586. The molecule has 1 atom stereocenters. The molecule has 0 spiro atoms. The molecule has 0 bridgehead atoms. The van der Waals surface area contributed by atoms with E-state index >= 15 is 0 Å². The van der Waals surface area contributed by atoms with E-state index in [9.17, 15) is 9.18 Å². The topological polar surface area (TPSA) is 67.2 Å². The lowest BCUT2D eigenvalue weighted by Crippen LogP contribution is -2.35. The van der Waals surface area contributed by atoms with Crippen molar-refractivity contribution < 1.29 is 9.18 Å². The van der Waals surface area contributed by atoms with Gasteiger partial charge in [-0.25, -0.2) is 19.0 Å². The third kappa shape index (κ3) is 6.28. The van der Waals surface area contributed by atoms with Gasteiger partial charge in [-0.3, -0.25) is 4.79 Å². The number of unbranched alkanes of at least 4 members (excludes halogenated alkanes) is 3. The van der Waals surface area contributed by atoms with Gasteiger partial charge in [0.25, 0.3) is 0 Å². The first-order chi connectivity index (χ1) is 17.9. The number of hydrogen-bond donors (Lipinski definition) is 0. The van der Waals surface area contributed by atoms with E-state index in [1.165, 1.54) is 25.0 Å². The molecule has 37 heavy (non-hydrogen) atoms. The summed E-state index contributed by atoms with van der Waals surface area (Å²) in [4.78, 5) is 27.3. The van der Waals surface area contributed by atoms with Crippen LogP contribution >= 0.6 is 0 Å². The molecule has 0 unspecified atom stereocenters. The molecular weight excluding hydrogens is 467 g/mol. The van der Waals surface area contributed by atoms with Crippen LogP contribution in [-0.2, 0) is 4.79 Å². The standard InChI is InChI=1S/C29H41FN6O/c1-5-7-8-9-12-25(37)34-17-10-18-35(20-19-34)28-26-22(4)33-36(24-15-13-23(30)14-16-24)29(26)32-27(31-28)21(3)11-6-2/h13-16,21H,5-12,17-20H2,1-4H3/t21-/m1/s1. The molecular formula is C29H41FN6O. The molecule has 2 aromatic heterocycles. The lowest BCUT2D eigenvalue weighted by atomic mass is 10.1. The second kappa shape index (κ2) is 12.5. The molecule has 1 amide bonds. The Bertz CT molecular complexity index is 1190. The van der Waals surface area contributed by atoms with Crippen LogP contribution in [0, 0.1) is 12.7 Å². The average molecular weight is 509 g/mol. The van der Waals surface area contributed by atoms with Crippen LogP contribution in [0.5, 0.6) is 0 Å². The normalized spacial score (nSPS) is 15.3. The Morgan fingerprint density at radius 1 is 1.00 bits per heavy atom. The number of nitrogens with zero attached hydrogens (tertiary/aromatic N) is 6. The van der Waals surface area contributed by atoms with Crippen LogP contribution in [0.1, 0.15) is 89.6 Å². The van der Waals surface area contributed by atoms with Crippen LogP contribution < -0.4 is 4.90 Å². The molecule has 8 heteroatoms.